The number of carbonyl (C=O) groups excluding carboxylic acids is 2. The molecule has 3 rings (SSSR count). The van der Waals surface area contributed by atoms with Crippen molar-refractivity contribution in [3.63, 3.8) is 0 Å². The lowest BCUT2D eigenvalue weighted by Crippen LogP contribution is -2.45. The first-order valence-electron chi connectivity index (χ1n) is 9.04. The van der Waals surface area contributed by atoms with E-state index in [0.29, 0.717) is 25.1 Å². The molecular formula is C19H25N5O3. The van der Waals surface area contributed by atoms with Crippen molar-refractivity contribution in [2.75, 3.05) is 6.54 Å². The van der Waals surface area contributed by atoms with E-state index >= 15 is 0 Å². The van der Waals surface area contributed by atoms with Gasteiger partial charge in [-0.15, -0.1) is 0 Å². The van der Waals surface area contributed by atoms with Crippen LogP contribution in [-0.4, -0.2) is 56.5 Å². The van der Waals surface area contributed by atoms with Gasteiger partial charge in [0.15, 0.2) is 0 Å². The van der Waals surface area contributed by atoms with Gasteiger partial charge in [0.1, 0.15) is 5.75 Å². The Labute approximate surface area is 158 Å². The van der Waals surface area contributed by atoms with Gasteiger partial charge in [0.25, 0.3) is 5.91 Å². The quantitative estimate of drug-likeness (QED) is 0.606. The minimum Gasteiger partial charge on any atom is -0.508 e. The van der Waals surface area contributed by atoms with Crippen LogP contribution in [0.2, 0.25) is 0 Å². The number of carbonyl (C=O) groups is 2. The Morgan fingerprint density at radius 1 is 1.41 bits per heavy atom. The number of amides is 2. The van der Waals surface area contributed by atoms with E-state index in [-0.39, 0.29) is 35.7 Å². The molecule has 4 N–H and O–H groups in total. The van der Waals surface area contributed by atoms with Crippen molar-refractivity contribution in [2.24, 2.45) is 0 Å². The van der Waals surface area contributed by atoms with E-state index < -0.39 is 0 Å². The Morgan fingerprint density at radius 3 is 2.89 bits per heavy atom. The lowest BCUT2D eigenvalue weighted by atomic mass is 10.1. The molecule has 1 aromatic heterocycles. The standard InChI is InChI=1S/C19H25N5O3/c1-12(2)22-19(27)17-7-14(9-24(17)10-15-8-20-11-21-15)23-18(26)13-4-3-5-16(25)6-13/h3-6,8,11-12,14,17,25H,7,9-10H2,1-2H3,(H,20,21)(H,22,27)(H,23,26)/t14-,17+/m1/s1. The molecule has 2 heterocycles. The van der Waals surface area contributed by atoms with Crippen molar-refractivity contribution in [2.45, 2.75) is 44.9 Å². The Hall–Kier alpha value is -2.87. The lowest BCUT2D eigenvalue weighted by Gasteiger charge is -2.23. The summed E-state index contributed by atoms with van der Waals surface area (Å²) in [5, 5.41) is 15.5. The maximum atomic E-state index is 12.6. The van der Waals surface area contributed by atoms with Crippen molar-refractivity contribution in [3.8, 4) is 5.75 Å². The third-order valence-corrected chi connectivity index (χ3v) is 4.51. The predicted molar refractivity (Wildman–Crippen MR) is 100 cm³/mol. The average Bonchev–Trinajstić information content (AvgIpc) is 3.24. The molecule has 1 aromatic carbocycles. The average molecular weight is 371 g/mol. The maximum Gasteiger partial charge on any atom is 0.251 e. The second-order valence-corrected chi connectivity index (χ2v) is 7.14. The molecule has 1 aliphatic rings. The number of hydrogen-bond acceptors (Lipinski definition) is 5. The topological polar surface area (TPSA) is 110 Å². The number of aromatic amines is 1. The smallest absolute Gasteiger partial charge is 0.251 e. The highest BCUT2D eigenvalue weighted by molar-refractivity contribution is 5.95. The lowest BCUT2D eigenvalue weighted by molar-refractivity contribution is -0.126. The van der Waals surface area contributed by atoms with Crippen molar-refractivity contribution < 1.29 is 14.7 Å². The van der Waals surface area contributed by atoms with Crippen LogP contribution < -0.4 is 10.6 Å². The summed E-state index contributed by atoms with van der Waals surface area (Å²) in [6, 6.07) is 5.78. The third-order valence-electron chi connectivity index (χ3n) is 4.51. The maximum absolute atomic E-state index is 12.6. The monoisotopic (exact) mass is 371 g/mol. The molecule has 1 fully saturated rings. The van der Waals surface area contributed by atoms with Gasteiger partial charge in [-0.1, -0.05) is 6.07 Å². The second kappa shape index (κ2) is 8.22. The number of aromatic nitrogens is 2. The van der Waals surface area contributed by atoms with E-state index in [0.717, 1.165) is 5.69 Å². The molecule has 0 saturated carbocycles. The van der Waals surface area contributed by atoms with Gasteiger partial charge in [-0.2, -0.15) is 0 Å². The van der Waals surface area contributed by atoms with Crippen molar-refractivity contribution >= 4 is 11.8 Å². The molecule has 27 heavy (non-hydrogen) atoms. The first kappa shape index (κ1) is 18.9. The number of nitrogens with zero attached hydrogens (tertiary/aromatic N) is 2. The molecule has 8 nitrogen and oxygen atoms in total. The molecule has 0 radical (unpaired) electrons. The van der Waals surface area contributed by atoms with Gasteiger partial charge in [0, 0.05) is 42.6 Å². The van der Waals surface area contributed by atoms with Gasteiger partial charge in [0.05, 0.1) is 12.4 Å². The number of hydrogen-bond donors (Lipinski definition) is 4. The zero-order valence-electron chi connectivity index (χ0n) is 15.5. The molecule has 1 aliphatic heterocycles. The summed E-state index contributed by atoms with van der Waals surface area (Å²) in [5.41, 5.74) is 1.31. The molecular weight excluding hydrogens is 346 g/mol. The number of nitrogens with one attached hydrogen (secondary N) is 3. The van der Waals surface area contributed by atoms with Gasteiger partial charge in [0.2, 0.25) is 5.91 Å². The zero-order chi connectivity index (χ0) is 19.4. The normalized spacial score (nSPS) is 20.0. The SMILES string of the molecule is CC(C)NC(=O)[C@@H]1C[C@@H](NC(=O)c2cccc(O)c2)CN1Cc1cnc[nH]1. The van der Waals surface area contributed by atoms with Crippen molar-refractivity contribution in [1.82, 2.24) is 25.5 Å². The van der Waals surface area contributed by atoms with Crippen molar-refractivity contribution in [1.29, 1.82) is 0 Å². The highest BCUT2D eigenvalue weighted by atomic mass is 16.3. The highest BCUT2D eigenvalue weighted by Gasteiger charge is 2.37. The Morgan fingerprint density at radius 2 is 2.22 bits per heavy atom. The van der Waals surface area contributed by atoms with Crippen LogP contribution in [-0.2, 0) is 11.3 Å². The number of imidazole rings is 1. The number of rotatable bonds is 6. The van der Waals surface area contributed by atoms with E-state index in [4.69, 9.17) is 0 Å². The summed E-state index contributed by atoms with van der Waals surface area (Å²) in [6.07, 6.45) is 3.86. The molecule has 1 saturated heterocycles. The molecule has 144 valence electrons. The summed E-state index contributed by atoms with van der Waals surface area (Å²) in [5.74, 6) is -0.259. The number of likely N-dealkylation sites (tertiary alicyclic amines) is 1. The Balaban J connectivity index is 1.69. The van der Waals surface area contributed by atoms with Crippen LogP contribution in [0.4, 0.5) is 0 Å². The van der Waals surface area contributed by atoms with Crippen LogP contribution in [0.25, 0.3) is 0 Å². The number of phenolic OH excluding ortho intramolecular Hbond substituents is 1. The molecule has 0 aliphatic carbocycles. The molecule has 8 heteroatoms. The van der Waals surface area contributed by atoms with Gasteiger partial charge in [-0.25, -0.2) is 4.98 Å². The molecule has 2 atom stereocenters. The van der Waals surface area contributed by atoms with E-state index in [1.807, 2.05) is 18.7 Å². The van der Waals surface area contributed by atoms with Gasteiger partial charge in [-0.3, -0.25) is 14.5 Å². The van der Waals surface area contributed by atoms with Crippen LogP contribution in [0.1, 0.15) is 36.3 Å². The molecule has 2 amide bonds. The van der Waals surface area contributed by atoms with Gasteiger partial charge < -0.3 is 20.7 Å². The van der Waals surface area contributed by atoms with Crippen LogP contribution in [0.5, 0.6) is 5.75 Å². The van der Waals surface area contributed by atoms with Crippen LogP contribution in [0, 0.1) is 0 Å². The first-order valence-corrected chi connectivity index (χ1v) is 9.04. The minimum atomic E-state index is -0.329. The summed E-state index contributed by atoms with van der Waals surface area (Å²) < 4.78 is 0. The van der Waals surface area contributed by atoms with Crippen LogP contribution in [0.3, 0.4) is 0 Å². The largest absolute Gasteiger partial charge is 0.508 e. The van der Waals surface area contributed by atoms with Crippen LogP contribution >= 0.6 is 0 Å². The number of benzene rings is 1. The fourth-order valence-corrected chi connectivity index (χ4v) is 3.34. The van der Waals surface area contributed by atoms with Gasteiger partial charge in [-0.05, 0) is 38.5 Å². The van der Waals surface area contributed by atoms with E-state index in [2.05, 4.69) is 20.6 Å². The summed E-state index contributed by atoms with van der Waals surface area (Å²) >= 11 is 0. The van der Waals surface area contributed by atoms with Gasteiger partial charge >= 0.3 is 0 Å². The zero-order valence-corrected chi connectivity index (χ0v) is 15.5. The molecule has 0 unspecified atom stereocenters. The fourth-order valence-electron chi connectivity index (χ4n) is 3.34. The molecule has 0 bridgehead atoms. The van der Waals surface area contributed by atoms with E-state index in [1.54, 1.807) is 24.7 Å². The number of aromatic hydroxyl groups is 1. The number of H-pyrrole nitrogens is 1. The van der Waals surface area contributed by atoms with E-state index in [9.17, 15) is 14.7 Å². The minimum absolute atomic E-state index is 0.0429. The van der Waals surface area contributed by atoms with Crippen LogP contribution in [0.15, 0.2) is 36.8 Å². The second-order valence-electron chi connectivity index (χ2n) is 7.14. The summed E-state index contributed by atoms with van der Waals surface area (Å²) in [7, 11) is 0. The number of phenols is 1. The summed E-state index contributed by atoms with van der Waals surface area (Å²) in [6.45, 7) is 4.95. The predicted octanol–water partition coefficient (Wildman–Crippen LogP) is 1.01. The molecule has 0 spiro atoms. The fraction of sp³-hybridized carbons (Fsp3) is 0.421. The van der Waals surface area contributed by atoms with E-state index in [1.165, 1.54) is 12.1 Å². The Bertz CT molecular complexity index is 790. The highest BCUT2D eigenvalue weighted by Crippen LogP contribution is 2.21. The Kier molecular flexibility index (Phi) is 5.75. The van der Waals surface area contributed by atoms with Crippen molar-refractivity contribution in [3.05, 3.63) is 48.0 Å². The molecule has 2 aromatic rings. The summed E-state index contributed by atoms with van der Waals surface area (Å²) in [4.78, 5) is 34.2. The first-order chi connectivity index (χ1) is 12.9. The third kappa shape index (κ3) is 4.85.